The van der Waals surface area contributed by atoms with Gasteiger partial charge in [-0.05, 0) is 30.2 Å². The number of rotatable bonds is 2. The zero-order chi connectivity index (χ0) is 10.8. The molecule has 0 unspecified atom stereocenters. The molecule has 15 heavy (non-hydrogen) atoms. The van der Waals surface area contributed by atoms with E-state index in [9.17, 15) is 0 Å². The van der Waals surface area contributed by atoms with Gasteiger partial charge in [-0.2, -0.15) is 5.10 Å². The molecule has 1 aromatic heterocycles. The van der Waals surface area contributed by atoms with Crippen molar-refractivity contribution in [3.05, 3.63) is 17.5 Å². The van der Waals surface area contributed by atoms with Crippen molar-refractivity contribution in [2.75, 3.05) is 0 Å². The SMILES string of the molecule is CC(C)c1c(C2CCCCC2)cnn1C. The van der Waals surface area contributed by atoms with Gasteiger partial charge in [-0.25, -0.2) is 0 Å². The van der Waals surface area contributed by atoms with E-state index in [-0.39, 0.29) is 0 Å². The molecule has 1 fully saturated rings. The Morgan fingerprint density at radius 1 is 1.27 bits per heavy atom. The summed E-state index contributed by atoms with van der Waals surface area (Å²) in [7, 11) is 2.07. The lowest BCUT2D eigenvalue weighted by molar-refractivity contribution is 0.439. The summed E-state index contributed by atoms with van der Waals surface area (Å²) in [4.78, 5) is 0. The van der Waals surface area contributed by atoms with Crippen LogP contribution in [0.4, 0.5) is 0 Å². The van der Waals surface area contributed by atoms with E-state index in [1.54, 1.807) is 0 Å². The van der Waals surface area contributed by atoms with Crippen molar-refractivity contribution < 1.29 is 0 Å². The van der Waals surface area contributed by atoms with Crippen LogP contribution in [-0.4, -0.2) is 9.78 Å². The van der Waals surface area contributed by atoms with Gasteiger partial charge in [0, 0.05) is 12.7 Å². The molecule has 1 aromatic rings. The summed E-state index contributed by atoms with van der Waals surface area (Å²) in [6, 6.07) is 0. The molecule has 0 saturated heterocycles. The Hall–Kier alpha value is -0.790. The van der Waals surface area contributed by atoms with E-state index in [4.69, 9.17) is 0 Å². The minimum absolute atomic E-state index is 0.592. The van der Waals surface area contributed by atoms with Crippen LogP contribution in [0.3, 0.4) is 0 Å². The van der Waals surface area contributed by atoms with E-state index < -0.39 is 0 Å². The Morgan fingerprint density at radius 2 is 1.93 bits per heavy atom. The third-order valence-electron chi connectivity index (χ3n) is 3.61. The van der Waals surface area contributed by atoms with E-state index in [0.29, 0.717) is 5.92 Å². The summed E-state index contributed by atoms with van der Waals surface area (Å²) in [6.07, 6.45) is 9.06. The summed E-state index contributed by atoms with van der Waals surface area (Å²) in [5.74, 6) is 1.37. The number of hydrogen-bond acceptors (Lipinski definition) is 1. The molecule has 0 amide bonds. The maximum atomic E-state index is 4.43. The average molecular weight is 206 g/mol. The molecule has 0 atom stereocenters. The predicted octanol–water partition coefficient (Wildman–Crippen LogP) is 3.59. The number of aromatic nitrogens is 2. The van der Waals surface area contributed by atoms with E-state index in [2.05, 4.69) is 36.9 Å². The molecular weight excluding hydrogens is 184 g/mol. The lowest BCUT2D eigenvalue weighted by Crippen LogP contribution is -2.09. The third kappa shape index (κ3) is 2.09. The minimum atomic E-state index is 0.592. The van der Waals surface area contributed by atoms with Crippen molar-refractivity contribution in [2.24, 2.45) is 7.05 Å². The summed E-state index contributed by atoms with van der Waals surface area (Å²) in [5.41, 5.74) is 2.97. The Kier molecular flexibility index (Phi) is 3.13. The molecular formula is C13H22N2. The molecule has 0 N–H and O–H groups in total. The number of hydrogen-bond donors (Lipinski definition) is 0. The highest BCUT2D eigenvalue weighted by molar-refractivity contribution is 5.25. The van der Waals surface area contributed by atoms with Gasteiger partial charge in [-0.15, -0.1) is 0 Å². The highest BCUT2D eigenvalue weighted by Crippen LogP contribution is 2.36. The summed E-state index contributed by atoms with van der Waals surface area (Å²) in [6.45, 7) is 4.53. The van der Waals surface area contributed by atoms with Gasteiger partial charge in [0.1, 0.15) is 0 Å². The summed E-state index contributed by atoms with van der Waals surface area (Å²) < 4.78 is 2.06. The quantitative estimate of drug-likeness (QED) is 0.723. The largest absolute Gasteiger partial charge is 0.272 e. The van der Waals surface area contributed by atoms with Crippen molar-refractivity contribution in [3.8, 4) is 0 Å². The smallest absolute Gasteiger partial charge is 0.0527 e. The van der Waals surface area contributed by atoms with Gasteiger partial charge in [0.25, 0.3) is 0 Å². The van der Waals surface area contributed by atoms with Crippen molar-refractivity contribution in [3.63, 3.8) is 0 Å². The van der Waals surface area contributed by atoms with Crippen molar-refractivity contribution in [1.29, 1.82) is 0 Å². The van der Waals surface area contributed by atoms with Gasteiger partial charge in [0.05, 0.1) is 6.20 Å². The molecule has 84 valence electrons. The fourth-order valence-electron chi connectivity index (χ4n) is 2.90. The Morgan fingerprint density at radius 3 is 2.53 bits per heavy atom. The maximum absolute atomic E-state index is 4.43. The molecule has 2 heteroatoms. The highest BCUT2D eigenvalue weighted by atomic mass is 15.3. The zero-order valence-corrected chi connectivity index (χ0v) is 10.2. The van der Waals surface area contributed by atoms with Gasteiger partial charge in [0.2, 0.25) is 0 Å². The van der Waals surface area contributed by atoms with Gasteiger partial charge in [-0.1, -0.05) is 33.1 Å². The Labute approximate surface area is 92.7 Å². The van der Waals surface area contributed by atoms with E-state index in [1.165, 1.54) is 43.4 Å². The summed E-state index contributed by atoms with van der Waals surface area (Å²) >= 11 is 0. The van der Waals surface area contributed by atoms with Crippen LogP contribution in [0.25, 0.3) is 0 Å². The molecule has 1 heterocycles. The van der Waals surface area contributed by atoms with Crippen molar-refractivity contribution >= 4 is 0 Å². The lowest BCUT2D eigenvalue weighted by atomic mass is 9.83. The Balaban J connectivity index is 2.26. The van der Waals surface area contributed by atoms with Gasteiger partial charge in [-0.3, -0.25) is 4.68 Å². The van der Waals surface area contributed by atoms with Gasteiger partial charge >= 0.3 is 0 Å². The number of nitrogens with zero attached hydrogens (tertiary/aromatic N) is 2. The monoisotopic (exact) mass is 206 g/mol. The molecule has 0 aliphatic heterocycles. The molecule has 1 aliphatic rings. The molecule has 0 bridgehead atoms. The third-order valence-corrected chi connectivity index (χ3v) is 3.61. The normalized spacial score (nSPS) is 18.7. The highest BCUT2D eigenvalue weighted by Gasteiger charge is 2.22. The first-order valence-corrected chi connectivity index (χ1v) is 6.22. The van der Waals surface area contributed by atoms with Crippen LogP contribution in [0.15, 0.2) is 6.20 Å². The van der Waals surface area contributed by atoms with E-state index >= 15 is 0 Å². The van der Waals surface area contributed by atoms with Gasteiger partial charge in [0.15, 0.2) is 0 Å². The topological polar surface area (TPSA) is 17.8 Å². The molecule has 2 nitrogen and oxygen atoms in total. The van der Waals surface area contributed by atoms with Crippen molar-refractivity contribution in [2.45, 2.75) is 57.8 Å². The second-order valence-corrected chi connectivity index (χ2v) is 5.10. The second kappa shape index (κ2) is 4.38. The van der Waals surface area contributed by atoms with Crippen LogP contribution in [0.1, 0.15) is 69.0 Å². The fraction of sp³-hybridized carbons (Fsp3) is 0.769. The van der Waals surface area contributed by atoms with E-state index in [0.717, 1.165) is 5.92 Å². The van der Waals surface area contributed by atoms with Gasteiger partial charge < -0.3 is 0 Å². The first-order valence-electron chi connectivity index (χ1n) is 6.22. The fourth-order valence-corrected chi connectivity index (χ4v) is 2.90. The van der Waals surface area contributed by atoms with E-state index in [1.807, 2.05) is 0 Å². The number of aryl methyl sites for hydroxylation is 1. The van der Waals surface area contributed by atoms with Crippen LogP contribution in [0, 0.1) is 0 Å². The van der Waals surface area contributed by atoms with Crippen LogP contribution >= 0.6 is 0 Å². The lowest BCUT2D eigenvalue weighted by Gasteiger charge is -2.23. The molecule has 2 rings (SSSR count). The molecule has 1 aliphatic carbocycles. The van der Waals surface area contributed by atoms with Crippen LogP contribution in [-0.2, 0) is 7.05 Å². The van der Waals surface area contributed by atoms with Crippen molar-refractivity contribution in [1.82, 2.24) is 9.78 Å². The Bertz CT molecular complexity index is 319. The zero-order valence-electron chi connectivity index (χ0n) is 10.2. The average Bonchev–Trinajstić information content (AvgIpc) is 2.61. The standard InChI is InChI=1S/C13H22N2/c1-10(2)13-12(9-14-15(13)3)11-7-5-4-6-8-11/h9-11H,4-8H2,1-3H3. The van der Waals surface area contributed by atoms with Crippen LogP contribution in [0.5, 0.6) is 0 Å². The second-order valence-electron chi connectivity index (χ2n) is 5.10. The molecule has 1 saturated carbocycles. The molecule has 0 spiro atoms. The van der Waals surface area contributed by atoms with Crippen LogP contribution < -0.4 is 0 Å². The predicted molar refractivity (Wildman–Crippen MR) is 63.1 cm³/mol. The minimum Gasteiger partial charge on any atom is -0.272 e. The molecule has 0 aromatic carbocycles. The van der Waals surface area contributed by atoms with Crippen LogP contribution in [0.2, 0.25) is 0 Å². The molecule has 0 radical (unpaired) electrons. The summed E-state index contributed by atoms with van der Waals surface area (Å²) in [5, 5.41) is 4.43. The maximum Gasteiger partial charge on any atom is 0.0527 e. The first kappa shape index (κ1) is 10.7. The first-order chi connectivity index (χ1) is 7.20.